The molecule has 0 spiro atoms. The van der Waals surface area contributed by atoms with Crippen LogP contribution in [0.1, 0.15) is 65.2 Å². The quantitative estimate of drug-likeness (QED) is 0.730. The SMILES string of the molecule is CC1CC[C@@H](NC2CCCCC2)CC1C. The molecular weight excluding hydrogens is 182 g/mol. The summed E-state index contributed by atoms with van der Waals surface area (Å²) in [6.45, 7) is 4.85. The predicted octanol–water partition coefficient (Wildman–Crippen LogP) is 3.73. The van der Waals surface area contributed by atoms with E-state index in [-0.39, 0.29) is 0 Å². The first kappa shape index (κ1) is 11.4. The minimum atomic E-state index is 0.833. The molecule has 2 rings (SSSR count). The summed E-state index contributed by atoms with van der Waals surface area (Å²) >= 11 is 0. The standard InChI is InChI=1S/C14H27N/c1-11-8-9-14(10-12(11)2)15-13-6-4-3-5-7-13/h11-15H,3-10H2,1-2H3/t11?,12?,14-/m1/s1. The van der Waals surface area contributed by atoms with Gasteiger partial charge in [0.15, 0.2) is 0 Å². The summed E-state index contributed by atoms with van der Waals surface area (Å²) < 4.78 is 0. The molecule has 0 aliphatic heterocycles. The van der Waals surface area contributed by atoms with E-state index >= 15 is 0 Å². The Balaban J connectivity index is 1.74. The average molecular weight is 209 g/mol. The molecule has 2 unspecified atom stereocenters. The molecule has 2 fully saturated rings. The highest BCUT2D eigenvalue weighted by molar-refractivity contribution is 4.83. The van der Waals surface area contributed by atoms with Gasteiger partial charge >= 0.3 is 0 Å². The zero-order valence-corrected chi connectivity index (χ0v) is 10.5. The molecule has 3 atom stereocenters. The molecule has 0 aromatic carbocycles. The van der Waals surface area contributed by atoms with Gasteiger partial charge in [0.2, 0.25) is 0 Å². The Morgan fingerprint density at radius 2 is 1.47 bits per heavy atom. The van der Waals surface area contributed by atoms with E-state index in [4.69, 9.17) is 0 Å². The van der Waals surface area contributed by atoms with Crippen molar-refractivity contribution in [3.63, 3.8) is 0 Å². The van der Waals surface area contributed by atoms with Crippen LogP contribution in [-0.4, -0.2) is 12.1 Å². The van der Waals surface area contributed by atoms with Gasteiger partial charge in [-0.3, -0.25) is 0 Å². The summed E-state index contributed by atoms with van der Waals surface area (Å²) in [4.78, 5) is 0. The highest BCUT2D eigenvalue weighted by Crippen LogP contribution is 2.30. The lowest BCUT2D eigenvalue weighted by molar-refractivity contribution is 0.203. The molecule has 0 aromatic heterocycles. The van der Waals surface area contributed by atoms with Crippen molar-refractivity contribution in [3.8, 4) is 0 Å². The zero-order chi connectivity index (χ0) is 10.7. The Morgan fingerprint density at radius 3 is 2.13 bits per heavy atom. The zero-order valence-electron chi connectivity index (χ0n) is 10.5. The Morgan fingerprint density at radius 1 is 0.733 bits per heavy atom. The summed E-state index contributed by atoms with van der Waals surface area (Å²) in [5.74, 6) is 1.88. The number of hydrogen-bond donors (Lipinski definition) is 1. The summed E-state index contributed by atoms with van der Waals surface area (Å²) in [5, 5.41) is 3.91. The molecule has 0 bridgehead atoms. The van der Waals surface area contributed by atoms with Crippen LogP contribution in [0.2, 0.25) is 0 Å². The lowest BCUT2D eigenvalue weighted by atomic mass is 9.78. The summed E-state index contributed by atoms with van der Waals surface area (Å²) in [6.07, 6.45) is 11.5. The Labute approximate surface area is 95.0 Å². The summed E-state index contributed by atoms with van der Waals surface area (Å²) in [5.41, 5.74) is 0. The minimum absolute atomic E-state index is 0.833. The second kappa shape index (κ2) is 5.34. The van der Waals surface area contributed by atoms with Gasteiger partial charge < -0.3 is 5.32 Å². The predicted molar refractivity (Wildman–Crippen MR) is 66.0 cm³/mol. The lowest BCUT2D eigenvalue weighted by Crippen LogP contribution is -2.43. The van der Waals surface area contributed by atoms with E-state index in [1.165, 1.54) is 51.4 Å². The van der Waals surface area contributed by atoms with E-state index in [2.05, 4.69) is 19.2 Å². The molecule has 15 heavy (non-hydrogen) atoms. The first-order valence-corrected chi connectivity index (χ1v) is 7.01. The van der Waals surface area contributed by atoms with Gasteiger partial charge in [0.25, 0.3) is 0 Å². The molecule has 0 radical (unpaired) electrons. The molecule has 0 amide bonds. The second-order valence-electron chi connectivity index (χ2n) is 5.97. The molecule has 0 aromatic rings. The smallest absolute Gasteiger partial charge is 0.00723 e. The van der Waals surface area contributed by atoms with Gasteiger partial charge in [-0.15, -0.1) is 0 Å². The largest absolute Gasteiger partial charge is 0.311 e. The van der Waals surface area contributed by atoms with Gasteiger partial charge in [-0.25, -0.2) is 0 Å². The molecular formula is C14H27N. The van der Waals surface area contributed by atoms with Gasteiger partial charge in [0.05, 0.1) is 0 Å². The number of nitrogens with one attached hydrogen (secondary N) is 1. The molecule has 1 heteroatoms. The fourth-order valence-corrected chi connectivity index (χ4v) is 3.30. The van der Waals surface area contributed by atoms with E-state index in [1.807, 2.05) is 0 Å². The first-order chi connectivity index (χ1) is 7.25. The molecule has 2 aliphatic rings. The van der Waals surface area contributed by atoms with Crippen molar-refractivity contribution in [2.75, 3.05) is 0 Å². The summed E-state index contributed by atoms with van der Waals surface area (Å²) in [7, 11) is 0. The molecule has 88 valence electrons. The van der Waals surface area contributed by atoms with E-state index in [1.54, 1.807) is 0 Å². The number of rotatable bonds is 2. The van der Waals surface area contributed by atoms with Crippen molar-refractivity contribution in [2.45, 2.75) is 77.3 Å². The maximum atomic E-state index is 3.91. The van der Waals surface area contributed by atoms with Gasteiger partial charge in [-0.2, -0.15) is 0 Å². The fourth-order valence-electron chi connectivity index (χ4n) is 3.30. The van der Waals surface area contributed by atoms with E-state index in [9.17, 15) is 0 Å². The average Bonchev–Trinajstić information content (AvgIpc) is 2.25. The van der Waals surface area contributed by atoms with E-state index < -0.39 is 0 Å². The van der Waals surface area contributed by atoms with Crippen LogP contribution in [0.5, 0.6) is 0 Å². The van der Waals surface area contributed by atoms with Crippen LogP contribution < -0.4 is 5.32 Å². The second-order valence-corrected chi connectivity index (χ2v) is 5.97. The van der Waals surface area contributed by atoms with Crippen LogP contribution in [0.15, 0.2) is 0 Å². The minimum Gasteiger partial charge on any atom is -0.311 e. The Bertz CT molecular complexity index is 184. The van der Waals surface area contributed by atoms with Crippen LogP contribution in [0.4, 0.5) is 0 Å². The maximum Gasteiger partial charge on any atom is 0.00723 e. The Hall–Kier alpha value is -0.0400. The van der Waals surface area contributed by atoms with Gasteiger partial charge in [0.1, 0.15) is 0 Å². The molecule has 0 heterocycles. The highest BCUT2D eigenvalue weighted by Gasteiger charge is 2.26. The van der Waals surface area contributed by atoms with Crippen LogP contribution in [0.25, 0.3) is 0 Å². The van der Waals surface area contributed by atoms with E-state index in [0.29, 0.717) is 0 Å². The van der Waals surface area contributed by atoms with Crippen molar-refractivity contribution in [2.24, 2.45) is 11.8 Å². The van der Waals surface area contributed by atoms with E-state index in [0.717, 1.165) is 23.9 Å². The number of hydrogen-bond acceptors (Lipinski definition) is 1. The molecule has 2 aliphatic carbocycles. The van der Waals surface area contributed by atoms with Crippen molar-refractivity contribution in [1.82, 2.24) is 5.32 Å². The third kappa shape index (κ3) is 3.21. The molecule has 2 saturated carbocycles. The topological polar surface area (TPSA) is 12.0 Å². The normalized spacial score (nSPS) is 39.2. The third-order valence-corrected chi connectivity index (χ3v) is 4.67. The molecule has 1 nitrogen and oxygen atoms in total. The van der Waals surface area contributed by atoms with Crippen LogP contribution in [-0.2, 0) is 0 Å². The molecule has 0 saturated heterocycles. The summed E-state index contributed by atoms with van der Waals surface area (Å²) in [6, 6.07) is 1.68. The Kier molecular flexibility index (Phi) is 4.07. The third-order valence-electron chi connectivity index (χ3n) is 4.67. The van der Waals surface area contributed by atoms with Crippen LogP contribution >= 0.6 is 0 Å². The fraction of sp³-hybridized carbons (Fsp3) is 1.00. The van der Waals surface area contributed by atoms with Gasteiger partial charge in [-0.1, -0.05) is 33.1 Å². The maximum absolute atomic E-state index is 3.91. The van der Waals surface area contributed by atoms with Crippen LogP contribution in [0, 0.1) is 11.8 Å². The first-order valence-electron chi connectivity index (χ1n) is 7.01. The molecule has 1 N–H and O–H groups in total. The highest BCUT2D eigenvalue weighted by atomic mass is 15.0. The van der Waals surface area contributed by atoms with Gasteiger partial charge in [-0.05, 0) is 43.9 Å². The van der Waals surface area contributed by atoms with Crippen molar-refractivity contribution >= 4 is 0 Å². The van der Waals surface area contributed by atoms with Crippen molar-refractivity contribution < 1.29 is 0 Å². The van der Waals surface area contributed by atoms with Crippen LogP contribution in [0.3, 0.4) is 0 Å². The van der Waals surface area contributed by atoms with Crippen molar-refractivity contribution in [3.05, 3.63) is 0 Å². The monoisotopic (exact) mass is 209 g/mol. The lowest BCUT2D eigenvalue weighted by Gasteiger charge is -2.36. The van der Waals surface area contributed by atoms with Crippen molar-refractivity contribution in [1.29, 1.82) is 0 Å². The van der Waals surface area contributed by atoms with Gasteiger partial charge in [0, 0.05) is 12.1 Å².